The third-order valence-electron chi connectivity index (χ3n) is 4.49. The third kappa shape index (κ3) is 2.77. The molecule has 4 heteroatoms. The van der Waals surface area contributed by atoms with Gasteiger partial charge in [-0.25, -0.2) is 9.97 Å². The van der Waals surface area contributed by atoms with E-state index in [2.05, 4.69) is 18.8 Å². The van der Waals surface area contributed by atoms with Crippen LogP contribution in [0.5, 0.6) is 0 Å². The molecule has 1 aromatic heterocycles. The number of rotatable bonds is 1. The molecule has 0 amide bonds. The molecule has 0 atom stereocenters. The van der Waals surface area contributed by atoms with Crippen LogP contribution in [-0.2, 0) is 17.8 Å². The lowest BCUT2D eigenvalue weighted by Gasteiger charge is -2.33. The predicted molar refractivity (Wildman–Crippen MR) is 75.4 cm³/mol. The highest BCUT2D eigenvalue weighted by Gasteiger charge is 2.30. The van der Waals surface area contributed by atoms with Crippen LogP contribution >= 0.6 is 11.6 Å². The van der Waals surface area contributed by atoms with Crippen molar-refractivity contribution in [2.24, 2.45) is 5.41 Å². The topological polar surface area (TPSA) is 35.0 Å². The summed E-state index contributed by atoms with van der Waals surface area (Å²) in [7, 11) is 0. The smallest absolute Gasteiger partial charge is 0.138 e. The predicted octanol–water partition coefficient (Wildman–Crippen LogP) is 3.89. The molecule has 0 saturated heterocycles. The van der Waals surface area contributed by atoms with E-state index in [9.17, 15) is 0 Å². The molecule has 1 aromatic rings. The zero-order valence-electron chi connectivity index (χ0n) is 11.7. The minimum absolute atomic E-state index is 0.475. The monoisotopic (exact) mass is 280 g/mol. The highest BCUT2D eigenvalue weighted by atomic mass is 35.5. The molecule has 0 bridgehead atoms. The van der Waals surface area contributed by atoms with Crippen LogP contribution in [0.2, 0.25) is 5.15 Å². The first-order valence-electron chi connectivity index (χ1n) is 7.18. The van der Waals surface area contributed by atoms with E-state index >= 15 is 0 Å². The molecule has 0 spiro atoms. The standard InChI is InChI=1S/C15H21ClN2O/c1-15(2)6-3-10(4-7-15)14-17-12-5-8-19-9-11(12)13(16)18-14/h10H,3-9H2,1-2H3. The van der Waals surface area contributed by atoms with Gasteiger partial charge in [-0.15, -0.1) is 0 Å². The molecule has 0 N–H and O–H groups in total. The summed E-state index contributed by atoms with van der Waals surface area (Å²) in [5.74, 6) is 1.44. The fourth-order valence-electron chi connectivity index (χ4n) is 3.05. The van der Waals surface area contributed by atoms with E-state index in [4.69, 9.17) is 21.3 Å². The molecule has 0 radical (unpaired) electrons. The Morgan fingerprint density at radius 1 is 1.21 bits per heavy atom. The van der Waals surface area contributed by atoms with Gasteiger partial charge in [-0.3, -0.25) is 0 Å². The molecule has 0 unspecified atom stereocenters. The van der Waals surface area contributed by atoms with Gasteiger partial charge in [0, 0.05) is 17.9 Å². The molecule has 1 aliphatic heterocycles. The lowest BCUT2D eigenvalue weighted by Crippen LogP contribution is -2.23. The van der Waals surface area contributed by atoms with Gasteiger partial charge in [0.25, 0.3) is 0 Å². The minimum Gasteiger partial charge on any atom is -0.376 e. The third-order valence-corrected chi connectivity index (χ3v) is 4.81. The Balaban J connectivity index is 1.84. The van der Waals surface area contributed by atoms with Gasteiger partial charge in [0.15, 0.2) is 0 Å². The van der Waals surface area contributed by atoms with Crippen LogP contribution in [0, 0.1) is 5.41 Å². The minimum atomic E-state index is 0.475. The molecule has 0 aromatic carbocycles. The largest absolute Gasteiger partial charge is 0.376 e. The average Bonchev–Trinajstić information content (AvgIpc) is 2.38. The second-order valence-corrected chi connectivity index (χ2v) is 6.90. The number of halogens is 1. The van der Waals surface area contributed by atoms with Gasteiger partial charge in [0.2, 0.25) is 0 Å². The molecule has 1 saturated carbocycles. The Kier molecular flexibility index (Phi) is 3.52. The molecule has 3 rings (SSSR count). The number of hydrogen-bond donors (Lipinski definition) is 0. The average molecular weight is 281 g/mol. The number of aromatic nitrogens is 2. The maximum Gasteiger partial charge on any atom is 0.138 e. The fourth-order valence-corrected chi connectivity index (χ4v) is 3.30. The lowest BCUT2D eigenvalue weighted by molar-refractivity contribution is 0.108. The summed E-state index contributed by atoms with van der Waals surface area (Å²) < 4.78 is 5.42. The number of ether oxygens (including phenoxy) is 1. The summed E-state index contributed by atoms with van der Waals surface area (Å²) in [6, 6.07) is 0. The Morgan fingerprint density at radius 2 is 1.95 bits per heavy atom. The van der Waals surface area contributed by atoms with Gasteiger partial charge in [-0.05, 0) is 31.1 Å². The van der Waals surface area contributed by atoms with Crippen molar-refractivity contribution in [1.82, 2.24) is 9.97 Å². The molecular weight excluding hydrogens is 260 g/mol. The van der Waals surface area contributed by atoms with Crippen molar-refractivity contribution in [3.8, 4) is 0 Å². The van der Waals surface area contributed by atoms with E-state index < -0.39 is 0 Å². The molecule has 104 valence electrons. The van der Waals surface area contributed by atoms with E-state index in [1.165, 1.54) is 25.7 Å². The Morgan fingerprint density at radius 3 is 2.68 bits per heavy atom. The van der Waals surface area contributed by atoms with Gasteiger partial charge in [-0.1, -0.05) is 25.4 Å². The van der Waals surface area contributed by atoms with E-state index in [0.29, 0.717) is 23.1 Å². The van der Waals surface area contributed by atoms with E-state index in [1.807, 2.05) is 0 Å². The molecule has 2 heterocycles. The zero-order valence-corrected chi connectivity index (χ0v) is 12.5. The summed E-state index contributed by atoms with van der Waals surface area (Å²) in [4.78, 5) is 9.30. The maximum absolute atomic E-state index is 6.29. The molecule has 1 aliphatic carbocycles. The van der Waals surface area contributed by atoms with Crippen molar-refractivity contribution in [2.75, 3.05) is 6.61 Å². The van der Waals surface area contributed by atoms with Crippen molar-refractivity contribution in [2.45, 2.75) is 58.5 Å². The summed E-state index contributed by atoms with van der Waals surface area (Å²) in [6.45, 7) is 6.01. The van der Waals surface area contributed by atoms with Gasteiger partial charge in [0.05, 0.1) is 18.9 Å². The molecular formula is C15H21ClN2O. The quantitative estimate of drug-likeness (QED) is 0.732. The highest BCUT2D eigenvalue weighted by Crippen LogP contribution is 2.42. The summed E-state index contributed by atoms with van der Waals surface area (Å²) in [6.07, 6.45) is 5.72. The van der Waals surface area contributed by atoms with Crippen molar-refractivity contribution >= 4 is 11.6 Å². The van der Waals surface area contributed by atoms with Crippen LogP contribution in [0.4, 0.5) is 0 Å². The summed E-state index contributed by atoms with van der Waals surface area (Å²) in [5, 5.41) is 0.601. The first kappa shape index (κ1) is 13.3. The fraction of sp³-hybridized carbons (Fsp3) is 0.733. The second-order valence-electron chi connectivity index (χ2n) is 6.54. The van der Waals surface area contributed by atoms with Crippen LogP contribution in [0.25, 0.3) is 0 Å². The normalized spacial score (nSPS) is 23.1. The number of hydrogen-bond acceptors (Lipinski definition) is 3. The van der Waals surface area contributed by atoms with Crippen LogP contribution in [-0.4, -0.2) is 16.6 Å². The van der Waals surface area contributed by atoms with Crippen LogP contribution in [0.1, 0.15) is 62.5 Å². The number of nitrogens with zero attached hydrogens (tertiary/aromatic N) is 2. The van der Waals surface area contributed by atoms with Crippen LogP contribution < -0.4 is 0 Å². The van der Waals surface area contributed by atoms with Gasteiger partial charge in [-0.2, -0.15) is 0 Å². The first-order valence-corrected chi connectivity index (χ1v) is 7.56. The summed E-state index contributed by atoms with van der Waals surface area (Å²) >= 11 is 6.29. The molecule has 2 aliphatic rings. The first-order chi connectivity index (χ1) is 9.05. The summed E-state index contributed by atoms with van der Waals surface area (Å²) in [5.41, 5.74) is 2.57. The maximum atomic E-state index is 6.29. The van der Waals surface area contributed by atoms with Crippen LogP contribution in [0.15, 0.2) is 0 Å². The SMILES string of the molecule is CC1(C)CCC(c2nc(Cl)c3c(n2)CCOC3)CC1. The lowest BCUT2D eigenvalue weighted by atomic mass is 9.73. The van der Waals surface area contributed by atoms with Crippen molar-refractivity contribution in [1.29, 1.82) is 0 Å². The van der Waals surface area contributed by atoms with Crippen molar-refractivity contribution < 1.29 is 4.74 Å². The van der Waals surface area contributed by atoms with Crippen LogP contribution in [0.3, 0.4) is 0 Å². The second kappa shape index (κ2) is 5.02. The van der Waals surface area contributed by atoms with Crippen molar-refractivity contribution in [3.63, 3.8) is 0 Å². The highest BCUT2D eigenvalue weighted by molar-refractivity contribution is 6.30. The molecule has 1 fully saturated rings. The van der Waals surface area contributed by atoms with Gasteiger partial charge >= 0.3 is 0 Å². The van der Waals surface area contributed by atoms with E-state index in [1.54, 1.807) is 0 Å². The molecule has 3 nitrogen and oxygen atoms in total. The zero-order chi connectivity index (χ0) is 13.5. The van der Waals surface area contributed by atoms with Gasteiger partial charge in [0.1, 0.15) is 11.0 Å². The van der Waals surface area contributed by atoms with Crippen molar-refractivity contribution in [3.05, 3.63) is 22.2 Å². The Hall–Kier alpha value is -0.670. The Bertz CT molecular complexity index is 477. The number of fused-ring (bicyclic) bond motifs is 1. The molecule has 19 heavy (non-hydrogen) atoms. The van der Waals surface area contributed by atoms with Gasteiger partial charge < -0.3 is 4.74 Å². The van der Waals surface area contributed by atoms with E-state index in [-0.39, 0.29) is 0 Å². The van der Waals surface area contributed by atoms with E-state index in [0.717, 1.165) is 30.1 Å². The Labute approximate surface area is 119 Å².